The van der Waals surface area contributed by atoms with Crippen LogP contribution in [-0.2, 0) is 14.3 Å². The van der Waals surface area contributed by atoms with Crippen LogP contribution in [0.15, 0.2) is 48.5 Å². The van der Waals surface area contributed by atoms with Crippen LogP contribution in [0.25, 0.3) is 0 Å². The number of fused-ring (bicyclic) bond motifs is 1. The molecule has 2 amide bonds. The Morgan fingerprint density at radius 2 is 1.86 bits per heavy atom. The summed E-state index contributed by atoms with van der Waals surface area (Å²) >= 11 is 0. The lowest BCUT2D eigenvalue weighted by Gasteiger charge is -2.33. The van der Waals surface area contributed by atoms with Gasteiger partial charge in [-0.2, -0.15) is 0 Å². The standard InChI is InChI=1S/C20H20N2O6/c1-21-19(24)17-11-22(14-8-4-6-10-16(14)28-17)18(23)12-27-20(25)13-7-3-5-9-15(13)26-2/h3-10,17H,11-12H2,1-2H3,(H,21,24). The van der Waals surface area contributed by atoms with Gasteiger partial charge in [0.15, 0.2) is 12.7 Å². The van der Waals surface area contributed by atoms with Crippen molar-refractivity contribution in [2.75, 3.05) is 32.2 Å². The minimum absolute atomic E-state index is 0.0156. The molecule has 0 aromatic heterocycles. The van der Waals surface area contributed by atoms with Gasteiger partial charge in [0, 0.05) is 7.05 Å². The summed E-state index contributed by atoms with van der Waals surface area (Å²) in [7, 11) is 2.94. The first kappa shape index (κ1) is 19.2. The van der Waals surface area contributed by atoms with Gasteiger partial charge in [-0.1, -0.05) is 24.3 Å². The quantitative estimate of drug-likeness (QED) is 0.783. The van der Waals surface area contributed by atoms with Crippen molar-refractivity contribution in [3.05, 3.63) is 54.1 Å². The van der Waals surface area contributed by atoms with Crippen molar-refractivity contribution < 1.29 is 28.6 Å². The molecule has 1 N–H and O–H groups in total. The van der Waals surface area contributed by atoms with Gasteiger partial charge in [-0.25, -0.2) is 4.79 Å². The van der Waals surface area contributed by atoms with Gasteiger partial charge in [0.1, 0.15) is 17.1 Å². The van der Waals surface area contributed by atoms with Gasteiger partial charge >= 0.3 is 5.97 Å². The lowest BCUT2D eigenvalue weighted by molar-refractivity contribution is -0.128. The zero-order valence-electron chi connectivity index (χ0n) is 15.5. The van der Waals surface area contributed by atoms with E-state index in [1.54, 1.807) is 48.5 Å². The second-order valence-electron chi connectivity index (χ2n) is 5.97. The van der Waals surface area contributed by atoms with Gasteiger partial charge < -0.3 is 24.4 Å². The molecule has 146 valence electrons. The summed E-state index contributed by atoms with van der Waals surface area (Å²) in [6.45, 7) is -0.465. The molecule has 1 aliphatic heterocycles. The number of carbonyl (C=O) groups is 3. The summed E-state index contributed by atoms with van der Waals surface area (Å²) in [5.74, 6) is -0.718. The molecule has 1 unspecified atom stereocenters. The summed E-state index contributed by atoms with van der Waals surface area (Å²) in [4.78, 5) is 38.4. The van der Waals surface area contributed by atoms with Crippen molar-refractivity contribution in [3.8, 4) is 11.5 Å². The highest BCUT2D eigenvalue weighted by Gasteiger charge is 2.33. The molecule has 3 rings (SSSR count). The number of amides is 2. The largest absolute Gasteiger partial charge is 0.496 e. The van der Waals surface area contributed by atoms with Gasteiger partial charge in [-0.05, 0) is 24.3 Å². The van der Waals surface area contributed by atoms with E-state index >= 15 is 0 Å². The van der Waals surface area contributed by atoms with Crippen LogP contribution >= 0.6 is 0 Å². The van der Waals surface area contributed by atoms with Crippen LogP contribution < -0.4 is 19.7 Å². The molecule has 28 heavy (non-hydrogen) atoms. The number of benzene rings is 2. The van der Waals surface area contributed by atoms with E-state index in [0.717, 1.165) is 0 Å². The first-order valence-electron chi connectivity index (χ1n) is 8.63. The van der Waals surface area contributed by atoms with Crippen LogP contribution in [0.3, 0.4) is 0 Å². The third-order valence-corrected chi connectivity index (χ3v) is 4.27. The maximum absolute atomic E-state index is 12.7. The molecule has 0 fully saturated rings. The van der Waals surface area contributed by atoms with Gasteiger partial charge in [-0.15, -0.1) is 0 Å². The van der Waals surface area contributed by atoms with Crippen molar-refractivity contribution in [1.29, 1.82) is 0 Å². The molecule has 0 radical (unpaired) electrons. The van der Waals surface area contributed by atoms with Crippen LogP contribution in [0.2, 0.25) is 0 Å². The number of ether oxygens (including phenoxy) is 3. The molecular formula is C20H20N2O6. The third-order valence-electron chi connectivity index (χ3n) is 4.27. The minimum Gasteiger partial charge on any atom is -0.496 e. The minimum atomic E-state index is -0.853. The number of rotatable bonds is 5. The van der Waals surface area contributed by atoms with Crippen LogP contribution in [0.1, 0.15) is 10.4 Å². The molecule has 2 aromatic carbocycles. The van der Waals surface area contributed by atoms with E-state index in [1.165, 1.54) is 19.1 Å². The normalized spacial score (nSPS) is 15.1. The SMILES string of the molecule is CNC(=O)C1CN(C(=O)COC(=O)c2ccccc2OC)c2ccccc2O1. The van der Waals surface area contributed by atoms with Gasteiger partial charge in [-0.3, -0.25) is 9.59 Å². The fraction of sp³-hybridized carbons (Fsp3) is 0.250. The second kappa shape index (κ2) is 8.43. The van der Waals surface area contributed by atoms with Crippen LogP contribution in [0.5, 0.6) is 11.5 Å². The van der Waals surface area contributed by atoms with Crippen molar-refractivity contribution >= 4 is 23.5 Å². The lowest BCUT2D eigenvalue weighted by Crippen LogP contribution is -2.51. The highest BCUT2D eigenvalue weighted by atomic mass is 16.5. The fourth-order valence-corrected chi connectivity index (χ4v) is 2.86. The van der Waals surface area contributed by atoms with E-state index in [4.69, 9.17) is 14.2 Å². The Bertz CT molecular complexity index is 898. The average molecular weight is 384 g/mol. The third kappa shape index (κ3) is 3.90. The number of hydrogen-bond donors (Lipinski definition) is 1. The summed E-state index contributed by atoms with van der Waals surface area (Å²) in [5, 5.41) is 2.51. The zero-order valence-corrected chi connectivity index (χ0v) is 15.5. The number of para-hydroxylation sites is 3. The number of hydrogen-bond acceptors (Lipinski definition) is 6. The summed E-state index contributed by atoms with van der Waals surface area (Å²) < 4.78 is 16.0. The number of carbonyl (C=O) groups excluding carboxylic acids is 3. The molecule has 0 aliphatic carbocycles. The van der Waals surface area contributed by atoms with Crippen molar-refractivity contribution in [2.45, 2.75) is 6.10 Å². The number of nitrogens with one attached hydrogen (secondary N) is 1. The van der Waals surface area contributed by atoms with Gasteiger partial charge in [0.2, 0.25) is 0 Å². The van der Waals surface area contributed by atoms with Crippen LogP contribution in [-0.4, -0.2) is 51.2 Å². The van der Waals surface area contributed by atoms with Crippen molar-refractivity contribution in [1.82, 2.24) is 5.32 Å². The maximum atomic E-state index is 12.7. The molecular weight excluding hydrogens is 364 g/mol. The number of methoxy groups -OCH3 is 1. The molecule has 2 aromatic rings. The number of likely N-dealkylation sites (N-methyl/N-ethyl adjacent to an activating group) is 1. The highest BCUT2D eigenvalue weighted by Crippen LogP contribution is 2.33. The predicted octanol–water partition coefficient (Wildman–Crippen LogP) is 1.39. The number of nitrogens with zero attached hydrogens (tertiary/aromatic N) is 1. The van der Waals surface area contributed by atoms with E-state index in [9.17, 15) is 14.4 Å². The van der Waals surface area contributed by atoms with E-state index < -0.39 is 24.6 Å². The van der Waals surface area contributed by atoms with Gasteiger partial charge in [0.25, 0.3) is 11.8 Å². The predicted molar refractivity (Wildman–Crippen MR) is 101 cm³/mol. The molecule has 0 spiro atoms. The lowest BCUT2D eigenvalue weighted by atomic mass is 10.1. The molecule has 0 saturated heterocycles. The Morgan fingerprint density at radius 3 is 2.61 bits per heavy atom. The summed E-state index contributed by atoms with van der Waals surface area (Å²) in [6, 6.07) is 13.5. The maximum Gasteiger partial charge on any atom is 0.342 e. The summed E-state index contributed by atoms with van der Waals surface area (Å²) in [6.07, 6.45) is -0.853. The van der Waals surface area contributed by atoms with Gasteiger partial charge in [0.05, 0.1) is 19.3 Å². The number of anilines is 1. The molecule has 0 saturated carbocycles. The first-order valence-corrected chi connectivity index (χ1v) is 8.63. The molecule has 1 atom stereocenters. The highest BCUT2D eigenvalue weighted by molar-refractivity contribution is 6.00. The van der Waals surface area contributed by atoms with Crippen molar-refractivity contribution in [3.63, 3.8) is 0 Å². The molecule has 8 nitrogen and oxygen atoms in total. The Morgan fingerprint density at radius 1 is 1.14 bits per heavy atom. The summed E-state index contributed by atoms with van der Waals surface area (Å²) in [5.41, 5.74) is 0.740. The zero-order chi connectivity index (χ0) is 20.1. The fourth-order valence-electron chi connectivity index (χ4n) is 2.86. The monoisotopic (exact) mass is 384 g/mol. The van der Waals surface area contributed by atoms with E-state index in [1.807, 2.05) is 0 Å². The Labute approximate surface area is 162 Å². The Kier molecular flexibility index (Phi) is 5.78. The van der Waals surface area contributed by atoms with E-state index in [-0.39, 0.29) is 18.0 Å². The first-order chi connectivity index (χ1) is 13.5. The topological polar surface area (TPSA) is 94.2 Å². The smallest absolute Gasteiger partial charge is 0.342 e. The second-order valence-corrected chi connectivity index (χ2v) is 5.97. The van der Waals surface area contributed by atoms with E-state index in [2.05, 4.69) is 5.32 Å². The van der Waals surface area contributed by atoms with Crippen LogP contribution in [0.4, 0.5) is 5.69 Å². The van der Waals surface area contributed by atoms with Crippen LogP contribution in [0, 0.1) is 0 Å². The Balaban J connectivity index is 1.74. The van der Waals surface area contributed by atoms with Crippen molar-refractivity contribution in [2.24, 2.45) is 0 Å². The molecule has 0 bridgehead atoms. The Hall–Kier alpha value is -3.55. The molecule has 1 heterocycles. The number of esters is 1. The average Bonchev–Trinajstić information content (AvgIpc) is 2.75. The van der Waals surface area contributed by atoms with E-state index in [0.29, 0.717) is 17.2 Å². The molecule has 1 aliphatic rings. The molecule has 8 heteroatoms.